The van der Waals surface area contributed by atoms with Gasteiger partial charge in [0.2, 0.25) is 0 Å². The van der Waals surface area contributed by atoms with Gasteiger partial charge in [0, 0.05) is 25.2 Å². The Morgan fingerprint density at radius 3 is 2.70 bits per heavy atom. The minimum Gasteiger partial charge on any atom is -0.444 e. The molecule has 1 aliphatic heterocycles. The highest BCUT2D eigenvalue weighted by atomic mass is 16.6. The van der Waals surface area contributed by atoms with Crippen LogP contribution in [0.15, 0.2) is 18.3 Å². The number of likely N-dealkylation sites (tertiary alicyclic amines) is 1. The molecule has 0 spiro atoms. The van der Waals surface area contributed by atoms with Crippen LogP contribution in [0.25, 0.3) is 0 Å². The quantitative estimate of drug-likeness (QED) is 0.893. The predicted octanol–water partition coefficient (Wildman–Crippen LogP) is 3.08. The van der Waals surface area contributed by atoms with E-state index in [9.17, 15) is 4.79 Å². The monoisotopic (exact) mass is 318 g/mol. The van der Waals surface area contributed by atoms with E-state index in [0.29, 0.717) is 11.9 Å². The number of rotatable bonds is 4. The Labute approximate surface area is 137 Å². The van der Waals surface area contributed by atoms with Gasteiger partial charge in [0.05, 0.1) is 11.9 Å². The van der Waals surface area contributed by atoms with Gasteiger partial charge < -0.3 is 10.1 Å². The molecule has 23 heavy (non-hydrogen) atoms. The van der Waals surface area contributed by atoms with Crippen molar-refractivity contribution in [1.82, 2.24) is 9.88 Å². The number of anilines is 2. The van der Waals surface area contributed by atoms with E-state index >= 15 is 0 Å². The van der Waals surface area contributed by atoms with Crippen molar-refractivity contribution in [3.05, 3.63) is 18.3 Å². The molecule has 1 saturated carbocycles. The second-order valence-electron chi connectivity index (χ2n) is 7.42. The first kappa shape index (κ1) is 16.1. The summed E-state index contributed by atoms with van der Waals surface area (Å²) in [5.74, 6) is 0.496. The number of carbonyl (C=O) groups excluding carboxylic acids is 1. The maximum atomic E-state index is 11.7. The molecule has 1 unspecified atom stereocenters. The Hall–Kier alpha value is -1.82. The topological polar surface area (TPSA) is 66.5 Å². The maximum Gasteiger partial charge on any atom is 0.413 e. The van der Waals surface area contributed by atoms with Crippen molar-refractivity contribution in [3.63, 3.8) is 0 Å². The van der Waals surface area contributed by atoms with Crippen molar-refractivity contribution in [1.29, 1.82) is 0 Å². The molecular formula is C17H26N4O2. The molecular weight excluding hydrogens is 292 g/mol. The number of pyridine rings is 1. The molecule has 6 heteroatoms. The first-order chi connectivity index (χ1) is 10.9. The Morgan fingerprint density at radius 1 is 1.30 bits per heavy atom. The highest BCUT2D eigenvalue weighted by Crippen LogP contribution is 2.30. The largest absolute Gasteiger partial charge is 0.444 e. The van der Waals surface area contributed by atoms with E-state index in [4.69, 9.17) is 4.74 Å². The highest BCUT2D eigenvalue weighted by Gasteiger charge is 2.34. The maximum absolute atomic E-state index is 11.7. The third-order valence-electron chi connectivity index (χ3n) is 4.05. The second-order valence-corrected chi connectivity index (χ2v) is 7.42. The summed E-state index contributed by atoms with van der Waals surface area (Å²) in [4.78, 5) is 18.5. The van der Waals surface area contributed by atoms with E-state index in [1.807, 2.05) is 26.8 Å². The molecule has 2 fully saturated rings. The zero-order chi connectivity index (χ0) is 16.4. The summed E-state index contributed by atoms with van der Waals surface area (Å²) in [5, 5.41) is 6.17. The molecule has 3 rings (SSSR count). The van der Waals surface area contributed by atoms with Crippen molar-refractivity contribution < 1.29 is 9.53 Å². The number of aromatic nitrogens is 1. The molecule has 0 aromatic carbocycles. The summed E-state index contributed by atoms with van der Waals surface area (Å²) in [6, 6.07) is 5.06. The molecule has 126 valence electrons. The molecule has 2 heterocycles. The van der Waals surface area contributed by atoms with E-state index in [1.165, 1.54) is 25.8 Å². The van der Waals surface area contributed by atoms with Gasteiger partial charge in [-0.2, -0.15) is 0 Å². The van der Waals surface area contributed by atoms with Crippen molar-refractivity contribution in [3.8, 4) is 0 Å². The van der Waals surface area contributed by atoms with E-state index in [0.717, 1.165) is 18.3 Å². The molecule has 1 amide bonds. The average molecular weight is 318 g/mol. The smallest absolute Gasteiger partial charge is 0.413 e. The molecule has 0 bridgehead atoms. The summed E-state index contributed by atoms with van der Waals surface area (Å²) in [7, 11) is 0. The van der Waals surface area contributed by atoms with Gasteiger partial charge in [0.1, 0.15) is 11.4 Å². The average Bonchev–Trinajstić information content (AvgIpc) is 3.20. The van der Waals surface area contributed by atoms with E-state index in [1.54, 1.807) is 12.3 Å². The van der Waals surface area contributed by atoms with Crippen LogP contribution in [-0.2, 0) is 4.74 Å². The van der Waals surface area contributed by atoms with Crippen LogP contribution >= 0.6 is 0 Å². The van der Waals surface area contributed by atoms with Crippen molar-refractivity contribution >= 4 is 17.6 Å². The van der Waals surface area contributed by atoms with Gasteiger partial charge in [0.15, 0.2) is 0 Å². The number of nitrogens with zero attached hydrogens (tertiary/aromatic N) is 2. The predicted molar refractivity (Wildman–Crippen MR) is 90.7 cm³/mol. The van der Waals surface area contributed by atoms with Crippen LogP contribution in [0.4, 0.5) is 16.3 Å². The van der Waals surface area contributed by atoms with Gasteiger partial charge in [0.25, 0.3) is 0 Å². The van der Waals surface area contributed by atoms with Gasteiger partial charge in [-0.15, -0.1) is 0 Å². The summed E-state index contributed by atoms with van der Waals surface area (Å²) >= 11 is 0. The number of hydrogen-bond acceptors (Lipinski definition) is 5. The van der Waals surface area contributed by atoms with Crippen LogP contribution in [-0.4, -0.2) is 46.8 Å². The van der Waals surface area contributed by atoms with Crippen LogP contribution in [0.2, 0.25) is 0 Å². The lowest BCUT2D eigenvalue weighted by atomic mass is 10.2. The van der Waals surface area contributed by atoms with Crippen molar-refractivity contribution in [2.75, 3.05) is 23.7 Å². The molecule has 1 atom stereocenters. The number of hydrogen-bond donors (Lipinski definition) is 2. The number of carbonyl (C=O) groups is 1. The molecule has 1 aliphatic carbocycles. The molecule has 2 aliphatic rings. The first-order valence-electron chi connectivity index (χ1n) is 8.36. The number of amides is 1. The van der Waals surface area contributed by atoms with Crippen LogP contribution in [0.1, 0.15) is 40.0 Å². The van der Waals surface area contributed by atoms with Gasteiger partial charge >= 0.3 is 6.09 Å². The zero-order valence-electron chi connectivity index (χ0n) is 14.1. The van der Waals surface area contributed by atoms with Gasteiger partial charge in [-0.25, -0.2) is 9.78 Å². The van der Waals surface area contributed by atoms with E-state index < -0.39 is 11.7 Å². The fourth-order valence-corrected chi connectivity index (χ4v) is 2.87. The molecule has 2 N–H and O–H groups in total. The lowest BCUT2D eigenvalue weighted by Crippen LogP contribution is -2.28. The lowest BCUT2D eigenvalue weighted by molar-refractivity contribution is 0.0635. The fraction of sp³-hybridized carbons (Fsp3) is 0.647. The standard InChI is InChI=1S/C17H26N4O2/c1-17(2,3)23-16(22)20-15-7-4-12(10-18-15)19-13-8-9-21(11-13)14-5-6-14/h4,7,10,13-14,19H,5-6,8-9,11H2,1-3H3,(H,18,20,22). The minimum atomic E-state index is -0.512. The summed E-state index contributed by atoms with van der Waals surface area (Å²) in [6.07, 6.45) is 5.17. The number of ether oxygens (including phenoxy) is 1. The van der Waals surface area contributed by atoms with Gasteiger partial charge in [-0.05, 0) is 52.2 Å². The Bertz CT molecular complexity index is 549. The highest BCUT2D eigenvalue weighted by molar-refractivity contribution is 5.83. The Kier molecular flexibility index (Phi) is 4.43. The second kappa shape index (κ2) is 6.35. The minimum absolute atomic E-state index is 0.485. The van der Waals surface area contributed by atoms with Crippen molar-refractivity contribution in [2.24, 2.45) is 0 Å². The van der Waals surface area contributed by atoms with Gasteiger partial charge in [-0.3, -0.25) is 10.2 Å². The summed E-state index contributed by atoms with van der Waals surface area (Å²) in [5.41, 5.74) is 0.476. The SMILES string of the molecule is CC(C)(C)OC(=O)Nc1ccc(NC2CCN(C3CC3)C2)cn1. The third-order valence-corrected chi connectivity index (χ3v) is 4.05. The van der Waals surface area contributed by atoms with Gasteiger partial charge in [-0.1, -0.05) is 0 Å². The summed E-state index contributed by atoms with van der Waals surface area (Å²) in [6.45, 7) is 7.80. The first-order valence-corrected chi connectivity index (χ1v) is 8.36. The molecule has 0 radical (unpaired) electrons. The van der Waals surface area contributed by atoms with Crippen LogP contribution < -0.4 is 10.6 Å². The molecule has 1 aromatic heterocycles. The fourth-order valence-electron chi connectivity index (χ4n) is 2.87. The molecule has 1 saturated heterocycles. The van der Waals surface area contributed by atoms with Crippen LogP contribution in [0, 0.1) is 0 Å². The molecule has 1 aromatic rings. The van der Waals surface area contributed by atoms with Crippen LogP contribution in [0.5, 0.6) is 0 Å². The lowest BCUT2D eigenvalue weighted by Gasteiger charge is -2.19. The number of nitrogens with one attached hydrogen (secondary N) is 2. The zero-order valence-corrected chi connectivity index (χ0v) is 14.1. The summed E-state index contributed by atoms with van der Waals surface area (Å²) < 4.78 is 5.21. The van der Waals surface area contributed by atoms with Crippen molar-refractivity contribution in [2.45, 2.75) is 57.7 Å². The van der Waals surface area contributed by atoms with E-state index in [2.05, 4.69) is 20.5 Å². The Balaban J connectivity index is 1.48. The molecule has 6 nitrogen and oxygen atoms in total. The van der Waals surface area contributed by atoms with Crippen LogP contribution in [0.3, 0.4) is 0 Å². The Morgan fingerprint density at radius 2 is 2.09 bits per heavy atom. The third kappa shape index (κ3) is 4.82. The normalized spacial score (nSPS) is 22.0. The van der Waals surface area contributed by atoms with E-state index in [-0.39, 0.29) is 0 Å².